The number of fused-ring (bicyclic) bond motifs is 1. The molecule has 2 aliphatic carbocycles. The maximum Gasteiger partial charge on any atom is 0.246 e. The largest absolute Gasteiger partial charge is 0.497 e. The SMILES string of the molecule is COc1cccc(C=CC(=O)N(C)[C@H]2CC[C@]3(OC)CN(CC4CC4)CC[C@@]3(c3cccc(OC)c3)C2)c1. The minimum Gasteiger partial charge on any atom is -0.497 e. The number of carbonyl (C=O) groups is 1. The molecule has 38 heavy (non-hydrogen) atoms. The highest BCUT2D eigenvalue weighted by atomic mass is 16.5. The Morgan fingerprint density at radius 1 is 1.03 bits per heavy atom. The van der Waals surface area contributed by atoms with E-state index in [0.29, 0.717) is 0 Å². The lowest BCUT2D eigenvalue weighted by molar-refractivity contribution is -0.159. The highest BCUT2D eigenvalue weighted by Crippen LogP contribution is 2.54. The van der Waals surface area contributed by atoms with Crippen molar-refractivity contribution in [2.24, 2.45) is 5.92 Å². The zero-order valence-corrected chi connectivity index (χ0v) is 23.3. The molecule has 3 atom stereocenters. The molecule has 0 spiro atoms. The zero-order valence-electron chi connectivity index (χ0n) is 23.3. The van der Waals surface area contributed by atoms with Crippen LogP contribution in [0, 0.1) is 5.92 Å². The van der Waals surface area contributed by atoms with Gasteiger partial charge in [0, 0.05) is 44.8 Å². The van der Waals surface area contributed by atoms with Crippen LogP contribution < -0.4 is 9.47 Å². The predicted octanol–water partition coefficient (Wildman–Crippen LogP) is 5.17. The first-order valence-corrected chi connectivity index (χ1v) is 13.9. The number of nitrogens with zero attached hydrogens (tertiary/aromatic N) is 2. The highest BCUT2D eigenvalue weighted by Gasteiger charge is 2.59. The number of amides is 1. The average Bonchev–Trinajstić information content (AvgIpc) is 3.79. The minimum absolute atomic E-state index is 0.0229. The molecule has 204 valence electrons. The Morgan fingerprint density at radius 2 is 1.76 bits per heavy atom. The summed E-state index contributed by atoms with van der Waals surface area (Å²) in [7, 11) is 7.22. The van der Waals surface area contributed by atoms with Crippen LogP contribution in [0.5, 0.6) is 11.5 Å². The van der Waals surface area contributed by atoms with Gasteiger partial charge in [-0.2, -0.15) is 0 Å². The number of piperidine rings is 1. The monoisotopic (exact) mass is 518 g/mol. The molecule has 0 aromatic heterocycles. The van der Waals surface area contributed by atoms with Crippen LogP contribution in [-0.4, -0.2) is 75.4 Å². The van der Waals surface area contributed by atoms with Crippen LogP contribution >= 0.6 is 0 Å². The lowest BCUT2D eigenvalue weighted by Gasteiger charge is -2.60. The van der Waals surface area contributed by atoms with Gasteiger partial charge in [0.1, 0.15) is 11.5 Å². The van der Waals surface area contributed by atoms with Gasteiger partial charge >= 0.3 is 0 Å². The summed E-state index contributed by atoms with van der Waals surface area (Å²) < 4.78 is 17.5. The summed E-state index contributed by atoms with van der Waals surface area (Å²) in [6.07, 6.45) is 10.0. The van der Waals surface area contributed by atoms with Crippen molar-refractivity contribution < 1.29 is 19.0 Å². The molecule has 1 heterocycles. The molecule has 6 nitrogen and oxygen atoms in total. The van der Waals surface area contributed by atoms with Crippen LogP contribution in [0.3, 0.4) is 0 Å². The van der Waals surface area contributed by atoms with E-state index in [9.17, 15) is 4.79 Å². The molecule has 0 bridgehead atoms. The van der Waals surface area contributed by atoms with Crippen molar-refractivity contribution in [1.29, 1.82) is 0 Å². The topological polar surface area (TPSA) is 51.2 Å². The van der Waals surface area contributed by atoms with Gasteiger partial charge in [-0.05, 0) is 92.5 Å². The normalized spacial score (nSPS) is 27.6. The summed E-state index contributed by atoms with van der Waals surface area (Å²) >= 11 is 0. The third-order valence-corrected chi connectivity index (χ3v) is 9.31. The molecule has 0 N–H and O–H groups in total. The van der Waals surface area contributed by atoms with E-state index in [0.717, 1.165) is 61.8 Å². The van der Waals surface area contributed by atoms with Gasteiger partial charge < -0.3 is 24.0 Å². The molecule has 1 aliphatic heterocycles. The summed E-state index contributed by atoms with van der Waals surface area (Å²) in [5.74, 6) is 2.53. The first kappa shape index (κ1) is 26.8. The molecular weight excluding hydrogens is 476 g/mol. The molecule has 6 heteroatoms. The van der Waals surface area contributed by atoms with E-state index in [-0.39, 0.29) is 23.0 Å². The molecule has 0 unspecified atom stereocenters. The fourth-order valence-corrected chi connectivity index (χ4v) is 6.85. The fourth-order valence-electron chi connectivity index (χ4n) is 6.85. The summed E-state index contributed by atoms with van der Waals surface area (Å²) in [5.41, 5.74) is 1.74. The van der Waals surface area contributed by atoms with Crippen molar-refractivity contribution in [3.05, 3.63) is 65.7 Å². The number of hydrogen-bond donors (Lipinski definition) is 0. The van der Waals surface area contributed by atoms with Gasteiger partial charge in [-0.3, -0.25) is 4.79 Å². The van der Waals surface area contributed by atoms with E-state index >= 15 is 0 Å². The number of hydrogen-bond acceptors (Lipinski definition) is 5. The minimum atomic E-state index is -0.288. The van der Waals surface area contributed by atoms with E-state index in [1.54, 1.807) is 20.3 Å². The van der Waals surface area contributed by atoms with Crippen LogP contribution in [0.4, 0.5) is 0 Å². The van der Waals surface area contributed by atoms with E-state index in [2.05, 4.69) is 23.1 Å². The van der Waals surface area contributed by atoms with Crippen molar-refractivity contribution in [3.63, 3.8) is 0 Å². The first-order valence-electron chi connectivity index (χ1n) is 13.9. The van der Waals surface area contributed by atoms with Gasteiger partial charge in [-0.1, -0.05) is 24.3 Å². The average molecular weight is 519 g/mol. The first-order chi connectivity index (χ1) is 18.4. The van der Waals surface area contributed by atoms with Gasteiger partial charge in [-0.15, -0.1) is 0 Å². The standard InChI is InChI=1S/C32H42N2O4/c1-33(30(35)14-13-24-7-5-9-28(19-24)36-2)27-15-16-32(38-4)23-34(22-25-11-12-25)18-17-31(32,21-27)26-8-6-10-29(20-26)37-3/h5-10,13-14,19-20,25,27H,11-12,15-18,21-23H2,1-4H3/t27-,31-,32-/m0/s1. The Kier molecular flexibility index (Phi) is 7.83. The van der Waals surface area contributed by atoms with Crippen LogP contribution in [0.25, 0.3) is 6.08 Å². The molecule has 0 radical (unpaired) electrons. The molecule has 5 rings (SSSR count). The maximum absolute atomic E-state index is 13.3. The van der Waals surface area contributed by atoms with Gasteiger partial charge in [-0.25, -0.2) is 0 Å². The van der Waals surface area contributed by atoms with Crippen molar-refractivity contribution in [3.8, 4) is 11.5 Å². The molecule has 1 amide bonds. The molecule has 3 fully saturated rings. The Morgan fingerprint density at radius 3 is 2.47 bits per heavy atom. The molecule has 1 saturated heterocycles. The Balaban J connectivity index is 1.41. The number of ether oxygens (including phenoxy) is 3. The van der Waals surface area contributed by atoms with Crippen LogP contribution in [-0.2, 0) is 14.9 Å². The van der Waals surface area contributed by atoms with Crippen LogP contribution in [0.1, 0.15) is 49.7 Å². The summed E-state index contributed by atoms with van der Waals surface area (Å²) in [4.78, 5) is 17.9. The molecule has 2 aromatic rings. The second-order valence-corrected chi connectivity index (χ2v) is 11.4. The lowest BCUT2D eigenvalue weighted by Crippen LogP contribution is -2.68. The Hall–Kier alpha value is -2.83. The van der Waals surface area contributed by atoms with E-state index < -0.39 is 0 Å². The van der Waals surface area contributed by atoms with Gasteiger partial charge in [0.05, 0.1) is 19.8 Å². The molecule has 2 saturated carbocycles. The number of likely N-dealkylation sites (N-methyl/N-ethyl adjacent to an activating group) is 1. The zero-order chi connectivity index (χ0) is 26.8. The molecule has 3 aliphatic rings. The third kappa shape index (κ3) is 5.21. The number of carbonyl (C=O) groups excluding carboxylic acids is 1. The lowest BCUT2D eigenvalue weighted by atomic mass is 9.55. The smallest absolute Gasteiger partial charge is 0.246 e. The number of likely N-dealkylation sites (tertiary alicyclic amines) is 1. The van der Waals surface area contributed by atoms with Crippen molar-refractivity contribution >= 4 is 12.0 Å². The molecule has 2 aromatic carbocycles. The summed E-state index contributed by atoms with van der Waals surface area (Å²) in [6.45, 7) is 3.17. The van der Waals surface area contributed by atoms with E-state index in [1.807, 2.05) is 55.5 Å². The van der Waals surface area contributed by atoms with Crippen molar-refractivity contribution in [2.45, 2.75) is 55.6 Å². The second-order valence-electron chi connectivity index (χ2n) is 11.4. The van der Waals surface area contributed by atoms with Crippen molar-refractivity contribution in [1.82, 2.24) is 9.80 Å². The predicted molar refractivity (Wildman–Crippen MR) is 151 cm³/mol. The van der Waals surface area contributed by atoms with E-state index in [4.69, 9.17) is 14.2 Å². The summed E-state index contributed by atoms with van der Waals surface area (Å²) in [5, 5.41) is 0. The fraction of sp³-hybridized carbons (Fsp3) is 0.531. The van der Waals surface area contributed by atoms with Gasteiger partial charge in [0.15, 0.2) is 0 Å². The van der Waals surface area contributed by atoms with Gasteiger partial charge in [0.2, 0.25) is 5.91 Å². The quantitative estimate of drug-likeness (QED) is 0.429. The van der Waals surface area contributed by atoms with E-state index in [1.165, 1.54) is 24.9 Å². The Labute approximate surface area is 227 Å². The summed E-state index contributed by atoms with van der Waals surface area (Å²) in [6, 6.07) is 16.4. The number of methoxy groups -OCH3 is 3. The van der Waals surface area contributed by atoms with Gasteiger partial charge in [0.25, 0.3) is 0 Å². The maximum atomic E-state index is 13.3. The van der Waals surface area contributed by atoms with Crippen LogP contribution in [0.2, 0.25) is 0 Å². The van der Waals surface area contributed by atoms with Crippen LogP contribution in [0.15, 0.2) is 54.6 Å². The second kappa shape index (κ2) is 11.1. The Bertz CT molecular complexity index is 1160. The molecular formula is C32H42N2O4. The number of benzene rings is 2. The highest BCUT2D eigenvalue weighted by molar-refractivity contribution is 5.91. The third-order valence-electron chi connectivity index (χ3n) is 9.31. The number of rotatable bonds is 9. The van der Waals surface area contributed by atoms with Crippen molar-refractivity contribution in [2.75, 3.05) is 48.0 Å².